The van der Waals surface area contributed by atoms with Gasteiger partial charge in [-0.3, -0.25) is 4.79 Å². The van der Waals surface area contributed by atoms with Crippen molar-refractivity contribution >= 4 is 5.91 Å². The lowest BCUT2D eigenvalue weighted by molar-refractivity contribution is -0.929. The number of aromatic nitrogens is 2. The lowest BCUT2D eigenvalue weighted by atomic mass is 10.2. The van der Waals surface area contributed by atoms with E-state index in [1.165, 1.54) is 0 Å². The van der Waals surface area contributed by atoms with E-state index in [4.69, 9.17) is 8.83 Å². The number of carbonyl (C=O) groups excluding carboxylic acids is 1. The third-order valence-corrected chi connectivity index (χ3v) is 3.50. The monoisotopic (exact) mass is 307 g/mol. The topological polar surface area (TPSA) is 85.6 Å². The van der Waals surface area contributed by atoms with Crippen molar-refractivity contribution in [2.45, 2.75) is 39.8 Å². The summed E-state index contributed by atoms with van der Waals surface area (Å²) < 4.78 is 10.9. The summed E-state index contributed by atoms with van der Waals surface area (Å²) in [5, 5.41) is 10.9. The Morgan fingerprint density at radius 3 is 2.86 bits per heavy atom. The quantitative estimate of drug-likeness (QED) is 0.748. The molecule has 2 heterocycles. The standard InChI is InChI=1S/C15H22N4O3/c1-4-8-19(11(3)14(20)16-5-2)10-13-17-18-15(22-13)12-7-6-9-21-12/h6-7,9,11H,4-5,8,10H2,1-3H3,(H,16,20)/p+1/t11-/m0/s1. The molecule has 0 fully saturated rings. The van der Waals surface area contributed by atoms with Crippen LogP contribution >= 0.6 is 0 Å². The SMILES string of the molecule is CCC[NH+](Cc1nnc(-c2ccco2)o1)[C@@H](C)C(=O)NCC. The lowest BCUT2D eigenvalue weighted by Gasteiger charge is -2.23. The zero-order valence-corrected chi connectivity index (χ0v) is 13.3. The second-order valence-corrected chi connectivity index (χ2v) is 5.18. The van der Waals surface area contributed by atoms with Gasteiger partial charge in [0, 0.05) is 6.54 Å². The van der Waals surface area contributed by atoms with E-state index >= 15 is 0 Å². The Morgan fingerprint density at radius 1 is 1.41 bits per heavy atom. The van der Waals surface area contributed by atoms with Crippen molar-refractivity contribution in [3.05, 3.63) is 24.3 Å². The van der Waals surface area contributed by atoms with Crippen LogP contribution in [0.1, 0.15) is 33.1 Å². The first-order chi connectivity index (χ1) is 10.7. The number of rotatable bonds is 8. The second kappa shape index (κ2) is 7.74. The molecular weight excluding hydrogens is 284 g/mol. The van der Waals surface area contributed by atoms with Crippen molar-refractivity contribution in [2.24, 2.45) is 0 Å². The van der Waals surface area contributed by atoms with E-state index in [1.54, 1.807) is 18.4 Å². The molecule has 0 aromatic carbocycles. The van der Waals surface area contributed by atoms with Crippen LogP contribution in [0.2, 0.25) is 0 Å². The van der Waals surface area contributed by atoms with Crippen LogP contribution in [0, 0.1) is 0 Å². The molecule has 2 rings (SSSR count). The molecule has 2 atom stereocenters. The molecule has 0 bridgehead atoms. The highest BCUT2D eigenvalue weighted by Crippen LogP contribution is 2.17. The lowest BCUT2D eigenvalue weighted by Crippen LogP contribution is -3.15. The van der Waals surface area contributed by atoms with Crippen LogP contribution in [-0.4, -0.2) is 35.2 Å². The summed E-state index contributed by atoms with van der Waals surface area (Å²) in [6, 6.07) is 3.37. The number of quaternary nitrogens is 1. The van der Waals surface area contributed by atoms with Gasteiger partial charge in [-0.05, 0) is 32.4 Å². The Bertz CT molecular complexity index is 579. The summed E-state index contributed by atoms with van der Waals surface area (Å²) in [5.74, 6) is 1.46. The average Bonchev–Trinajstić information content (AvgIpc) is 3.17. The van der Waals surface area contributed by atoms with Crippen molar-refractivity contribution in [1.82, 2.24) is 15.5 Å². The molecule has 0 saturated carbocycles. The molecular formula is C15H23N4O3+. The van der Waals surface area contributed by atoms with Crippen molar-refractivity contribution in [2.75, 3.05) is 13.1 Å². The van der Waals surface area contributed by atoms with Crippen LogP contribution in [0.4, 0.5) is 0 Å². The zero-order valence-electron chi connectivity index (χ0n) is 13.3. The highest BCUT2D eigenvalue weighted by molar-refractivity contribution is 5.79. The van der Waals surface area contributed by atoms with Crippen molar-refractivity contribution in [1.29, 1.82) is 0 Å². The van der Waals surface area contributed by atoms with Crippen molar-refractivity contribution in [3.63, 3.8) is 0 Å². The van der Waals surface area contributed by atoms with Crippen molar-refractivity contribution < 1.29 is 18.5 Å². The van der Waals surface area contributed by atoms with Gasteiger partial charge >= 0.3 is 0 Å². The normalized spacial score (nSPS) is 13.8. The summed E-state index contributed by atoms with van der Waals surface area (Å²) in [7, 11) is 0. The van der Waals surface area contributed by atoms with Crippen LogP contribution in [0.5, 0.6) is 0 Å². The predicted molar refractivity (Wildman–Crippen MR) is 80.0 cm³/mol. The van der Waals surface area contributed by atoms with Crippen LogP contribution in [0.15, 0.2) is 27.2 Å². The Labute approximate surface area is 129 Å². The van der Waals surface area contributed by atoms with Gasteiger partial charge in [-0.1, -0.05) is 6.92 Å². The average molecular weight is 307 g/mol. The van der Waals surface area contributed by atoms with E-state index in [0.29, 0.717) is 30.6 Å². The fourth-order valence-electron chi connectivity index (χ4n) is 2.31. The number of nitrogens with one attached hydrogen (secondary N) is 2. The molecule has 0 aliphatic heterocycles. The van der Waals surface area contributed by atoms with Gasteiger partial charge in [-0.15, -0.1) is 10.2 Å². The number of carbonyl (C=O) groups is 1. The Balaban J connectivity index is 2.06. The maximum Gasteiger partial charge on any atom is 0.283 e. The number of hydrogen-bond acceptors (Lipinski definition) is 5. The summed E-state index contributed by atoms with van der Waals surface area (Å²) in [5.41, 5.74) is 0. The molecule has 2 N–H and O–H groups in total. The Kier molecular flexibility index (Phi) is 5.71. The molecule has 120 valence electrons. The molecule has 7 heteroatoms. The maximum absolute atomic E-state index is 12.0. The van der Waals surface area contributed by atoms with Crippen LogP contribution in [-0.2, 0) is 11.3 Å². The Hall–Kier alpha value is -2.15. The molecule has 0 radical (unpaired) electrons. The number of likely N-dealkylation sites (N-methyl/N-ethyl adjacent to an activating group) is 1. The first-order valence-corrected chi connectivity index (χ1v) is 7.64. The highest BCUT2D eigenvalue weighted by atomic mass is 16.4. The minimum Gasteiger partial charge on any atom is -0.459 e. The van der Waals surface area contributed by atoms with Crippen LogP contribution < -0.4 is 10.2 Å². The van der Waals surface area contributed by atoms with E-state index in [0.717, 1.165) is 17.9 Å². The van der Waals surface area contributed by atoms with E-state index in [2.05, 4.69) is 22.4 Å². The van der Waals surface area contributed by atoms with Crippen LogP contribution in [0.25, 0.3) is 11.7 Å². The molecule has 0 aliphatic carbocycles. The third-order valence-electron chi connectivity index (χ3n) is 3.50. The zero-order chi connectivity index (χ0) is 15.9. The largest absolute Gasteiger partial charge is 0.459 e. The molecule has 2 aromatic heterocycles. The minimum atomic E-state index is -0.168. The molecule has 1 amide bonds. The number of hydrogen-bond donors (Lipinski definition) is 2. The van der Waals surface area contributed by atoms with Crippen molar-refractivity contribution in [3.8, 4) is 11.7 Å². The minimum absolute atomic E-state index is 0.0386. The van der Waals surface area contributed by atoms with Gasteiger partial charge in [0.25, 0.3) is 17.7 Å². The first kappa shape index (κ1) is 16.2. The highest BCUT2D eigenvalue weighted by Gasteiger charge is 2.26. The van der Waals surface area contributed by atoms with Gasteiger partial charge in [-0.25, -0.2) is 0 Å². The number of amides is 1. The van der Waals surface area contributed by atoms with Gasteiger partial charge < -0.3 is 19.1 Å². The van der Waals surface area contributed by atoms with Gasteiger partial charge in [0.05, 0.1) is 12.8 Å². The third kappa shape index (κ3) is 3.94. The summed E-state index contributed by atoms with van der Waals surface area (Å²) in [4.78, 5) is 13.1. The molecule has 0 spiro atoms. The van der Waals surface area contributed by atoms with E-state index in [9.17, 15) is 4.79 Å². The summed E-state index contributed by atoms with van der Waals surface area (Å²) in [6.07, 6.45) is 2.53. The van der Waals surface area contributed by atoms with Gasteiger partial charge in [-0.2, -0.15) is 0 Å². The molecule has 7 nitrogen and oxygen atoms in total. The Morgan fingerprint density at radius 2 is 2.23 bits per heavy atom. The molecule has 1 unspecified atom stereocenters. The molecule has 0 saturated heterocycles. The van der Waals surface area contributed by atoms with E-state index < -0.39 is 0 Å². The maximum atomic E-state index is 12.0. The predicted octanol–water partition coefficient (Wildman–Crippen LogP) is 0.649. The van der Waals surface area contributed by atoms with Gasteiger partial charge in [0.15, 0.2) is 18.3 Å². The van der Waals surface area contributed by atoms with E-state index in [1.807, 2.05) is 13.8 Å². The molecule has 2 aromatic rings. The van der Waals surface area contributed by atoms with Gasteiger partial charge in [0.2, 0.25) is 0 Å². The number of nitrogens with zero attached hydrogens (tertiary/aromatic N) is 2. The molecule has 0 aliphatic rings. The van der Waals surface area contributed by atoms with E-state index in [-0.39, 0.29) is 11.9 Å². The fraction of sp³-hybridized carbons (Fsp3) is 0.533. The van der Waals surface area contributed by atoms with Crippen LogP contribution in [0.3, 0.4) is 0 Å². The summed E-state index contributed by atoms with van der Waals surface area (Å²) in [6.45, 7) is 7.92. The summed E-state index contributed by atoms with van der Waals surface area (Å²) >= 11 is 0. The number of furan rings is 1. The molecule has 22 heavy (non-hydrogen) atoms. The second-order valence-electron chi connectivity index (χ2n) is 5.18. The fourth-order valence-corrected chi connectivity index (χ4v) is 2.31. The smallest absolute Gasteiger partial charge is 0.283 e. The first-order valence-electron chi connectivity index (χ1n) is 7.64. The van der Waals surface area contributed by atoms with Gasteiger partial charge in [0.1, 0.15) is 0 Å².